The fourth-order valence-electron chi connectivity index (χ4n) is 2.85. The molecule has 1 heterocycles. The zero-order valence-corrected chi connectivity index (χ0v) is 16.0. The number of nitrogens with zero attached hydrogens (tertiary/aromatic N) is 2. The average Bonchev–Trinajstić information content (AvgIpc) is 3.19. The van der Waals surface area contributed by atoms with E-state index in [2.05, 4.69) is 4.98 Å². The molecule has 0 radical (unpaired) electrons. The summed E-state index contributed by atoms with van der Waals surface area (Å²) >= 11 is 0. The molecule has 0 saturated heterocycles. The molecular weight excluding hydrogens is 372 g/mol. The Labute approximate surface area is 164 Å². The van der Waals surface area contributed by atoms with Crippen molar-refractivity contribution in [2.24, 2.45) is 0 Å². The van der Waals surface area contributed by atoms with Gasteiger partial charge < -0.3 is 4.42 Å². The van der Waals surface area contributed by atoms with Gasteiger partial charge in [0.25, 0.3) is 10.0 Å². The fraction of sp³-hybridized carbons (Fsp3) is 0.0455. The third kappa shape index (κ3) is 3.42. The highest BCUT2D eigenvalue weighted by Crippen LogP contribution is 2.33. The topological polar surface area (TPSA) is 63.4 Å². The molecule has 5 nitrogen and oxygen atoms in total. The van der Waals surface area contributed by atoms with Crippen LogP contribution in [0.4, 0.5) is 11.5 Å². The molecule has 0 fully saturated rings. The Kier molecular flexibility index (Phi) is 4.71. The van der Waals surface area contributed by atoms with Crippen LogP contribution in [0, 0.1) is 6.92 Å². The number of benzene rings is 3. The van der Waals surface area contributed by atoms with Crippen LogP contribution in [-0.4, -0.2) is 13.4 Å². The molecule has 140 valence electrons. The van der Waals surface area contributed by atoms with Gasteiger partial charge >= 0.3 is 0 Å². The van der Waals surface area contributed by atoms with Gasteiger partial charge in [0.05, 0.1) is 10.6 Å². The Hall–Kier alpha value is -3.38. The number of oxazole rings is 1. The van der Waals surface area contributed by atoms with Crippen LogP contribution in [0.5, 0.6) is 0 Å². The lowest BCUT2D eigenvalue weighted by molar-refractivity contribution is 0.574. The summed E-state index contributed by atoms with van der Waals surface area (Å²) < 4.78 is 33.7. The molecule has 4 rings (SSSR count). The van der Waals surface area contributed by atoms with Crippen LogP contribution in [0.15, 0.2) is 101 Å². The molecule has 1 aromatic heterocycles. The van der Waals surface area contributed by atoms with Gasteiger partial charge in [-0.25, -0.2) is 12.7 Å². The molecule has 0 unspecified atom stereocenters. The molecule has 0 amide bonds. The minimum absolute atomic E-state index is 0.186. The number of sulfonamides is 1. The molecule has 3 aromatic carbocycles. The van der Waals surface area contributed by atoms with E-state index in [-0.39, 0.29) is 10.7 Å². The van der Waals surface area contributed by atoms with Crippen molar-refractivity contribution >= 4 is 21.5 Å². The van der Waals surface area contributed by atoms with Crippen molar-refractivity contribution in [1.29, 1.82) is 0 Å². The van der Waals surface area contributed by atoms with Crippen LogP contribution in [-0.2, 0) is 10.0 Å². The Morgan fingerprint density at radius 1 is 0.821 bits per heavy atom. The Bertz CT molecular complexity index is 1170. The van der Waals surface area contributed by atoms with Crippen LogP contribution < -0.4 is 4.31 Å². The number of hydrogen-bond donors (Lipinski definition) is 0. The molecule has 4 aromatic rings. The second-order valence-electron chi connectivity index (χ2n) is 6.29. The molecule has 0 saturated carbocycles. The van der Waals surface area contributed by atoms with Gasteiger partial charge in [-0.05, 0) is 43.3 Å². The van der Waals surface area contributed by atoms with E-state index in [0.717, 1.165) is 11.1 Å². The van der Waals surface area contributed by atoms with Crippen LogP contribution >= 0.6 is 0 Å². The highest BCUT2D eigenvalue weighted by atomic mass is 32.2. The number of hydrogen-bond acceptors (Lipinski definition) is 4. The van der Waals surface area contributed by atoms with Crippen LogP contribution in [0.1, 0.15) is 5.56 Å². The normalized spacial score (nSPS) is 11.3. The van der Waals surface area contributed by atoms with E-state index < -0.39 is 10.0 Å². The van der Waals surface area contributed by atoms with Crippen molar-refractivity contribution in [3.05, 3.63) is 96.8 Å². The maximum Gasteiger partial charge on any atom is 0.269 e. The minimum atomic E-state index is -3.88. The summed E-state index contributed by atoms with van der Waals surface area (Å²) in [5.41, 5.74) is 2.24. The van der Waals surface area contributed by atoms with Crippen molar-refractivity contribution in [2.75, 3.05) is 4.31 Å². The van der Waals surface area contributed by atoms with E-state index in [0.29, 0.717) is 11.6 Å². The third-order valence-electron chi connectivity index (χ3n) is 4.27. The second-order valence-corrected chi connectivity index (χ2v) is 8.08. The van der Waals surface area contributed by atoms with Gasteiger partial charge in [-0.15, -0.1) is 0 Å². The molecule has 0 aliphatic heterocycles. The zero-order chi connectivity index (χ0) is 19.6. The van der Waals surface area contributed by atoms with Gasteiger partial charge in [0.1, 0.15) is 6.26 Å². The van der Waals surface area contributed by atoms with Gasteiger partial charge in [0, 0.05) is 5.56 Å². The van der Waals surface area contributed by atoms with Gasteiger partial charge in [-0.2, -0.15) is 4.98 Å². The van der Waals surface area contributed by atoms with E-state index in [1.54, 1.807) is 48.5 Å². The summed E-state index contributed by atoms with van der Waals surface area (Å²) in [6, 6.07) is 24.9. The third-order valence-corrected chi connectivity index (χ3v) is 6.02. The van der Waals surface area contributed by atoms with E-state index in [9.17, 15) is 8.42 Å². The predicted octanol–water partition coefficient (Wildman–Crippen LogP) is 5.18. The first kappa shape index (κ1) is 18.0. The van der Waals surface area contributed by atoms with Crippen LogP contribution in [0.2, 0.25) is 0 Å². The van der Waals surface area contributed by atoms with Crippen LogP contribution in [0.25, 0.3) is 11.5 Å². The number of anilines is 2. The van der Waals surface area contributed by atoms with Crippen molar-refractivity contribution in [3.8, 4) is 11.5 Å². The Morgan fingerprint density at radius 3 is 2.07 bits per heavy atom. The summed E-state index contributed by atoms with van der Waals surface area (Å²) in [7, 11) is -3.88. The monoisotopic (exact) mass is 390 g/mol. The summed E-state index contributed by atoms with van der Waals surface area (Å²) in [6.07, 6.45) is 1.36. The van der Waals surface area contributed by atoms with Crippen LogP contribution in [0.3, 0.4) is 0 Å². The first-order valence-electron chi connectivity index (χ1n) is 8.74. The number of aryl methyl sites for hydroxylation is 1. The van der Waals surface area contributed by atoms with Gasteiger partial charge in [0.2, 0.25) is 5.89 Å². The van der Waals surface area contributed by atoms with Crippen molar-refractivity contribution in [3.63, 3.8) is 0 Å². The number of rotatable bonds is 5. The molecule has 0 atom stereocenters. The molecular formula is C22H18N2O3S. The molecule has 0 bridgehead atoms. The lowest BCUT2D eigenvalue weighted by Gasteiger charge is -2.21. The summed E-state index contributed by atoms with van der Waals surface area (Å²) in [5.74, 6) is 0.557. The fourth-order valence-corrected chi connectivity index (χ4v) is 4.27. The predicted molar refractivity (Wildman–Crippen MR) is 109 cm³/mol. The van der Waals surface area contributed by atoms with E-state index >= 15 is 0 Å². The Morgan fingerprint density at radius 2 is 1.43 bits per heavy atom. The quantitative estimate of drug-likeness (QED) is 0.471. The first-order chi connectivity index (χ1) is 13.6. The van der Waals surface area contributed by atoms with E-state index in [1.165, 1.54) is 10.6 Å². The smallest absolute Gasteiger partial charge is 0.269 e. The largest absolute Gasteiger partial charge is 0.442 e. The van der Waals surface area contributed by atoms with Crippen molar-refractivity contribution < 1.29 is 12.8 Å². The first-order valence-corrected chi connectivity index (χ1v) is 10.2. The van der Waals surface area contributed by atoms with E-state index in [4.69, 9.17) is 4.42 Å². The maximum absolute atomic E-state index is 13.4. The van der Waals surface area contributed by atoms with Gasteiger partial charge in [0.15, 0.2) is 5.82 Å². The summed E-state index contributed by atoms with van der Waals surface area (Å²) in [6.45, 7) is 1.91. The summed E-state index contributed by atoms with van der Waals surface area (Å²) in [5, 5.41) is 0. The SMILES string of the molecule is Cc1ccc(S(=O)(=O)N(c2ccccc2)c2coc(-c3ccccc3)n2)cc1. The summed E-state index contributed by atoms with van der Waals surface area (Å²) in [4.78, 5) is 4.63. The molecule has 6 heteroatoms. The molecule has 0 aliphatic rings. The standard InChI is InChI=1S/C22H18N2O3S/c1-17-12-14-20(15-13-17)28(25,26)24(19-10-6-3-7-11-19)21-16-27-22(23-21)18-8-4-2-5-9-18/h2-16H,1H3. The maximum atomic E-state index is 13.4. The second kappa shape index (κ2) is 7.32. The highest BCUT2D eigenvalue weighted by Gasteiger charge is 2.29. The van der Waals surface area contributed by atoms with E-state index in [1.807, 2.05) is 43.3 Å². The number of aromatic nitrogens is 1. The minimum Gasteiger partial charge on any atom is -0.442 e. The molecule has 28 heavy (non-hydrogen) atoms. The highest BCUT2D eigenvalue weighted by molar-refractivity contribution is 7.93. The molecule has 0 spiro atoms. The lowest BCUT2D eigenvalue weighted by Crippen LogP contribution is -2.26. The van der Waals surface area contributed by atoms with Gasteiger partial charge in [-0.3, -0.25) is 0 Å². The van der Waals surface area contributed by atoms with Crippen molar-refractivity contribution in [2.45, 2.75) is 11.8 Å². The lowest BCUT2D eigenvalue weighted by atomic mass is 10.2. The number of para-hydroxylation sites is 1. The average molecular weight is 390 g/mol. The molecule has 0 aliphatic carbocycles. The zero-order valence-electron chi connectivity index (χ0n) is 15.2. The van der Waals surface area contributed by atoms with Gasteiger partial charge in [-0.1, -0.05) is 54.1 Å². The van der Waals surface area contributed by atoms with Crippen molar-refractivity contribution in [1.82, 2.24) is 4.98 Å². The molecule has 0 N–H and O–H groups in total. The Balaban J connectivity index is 1.84.